The van der Waals surface area contributed by atoms with E-state index in [1.807, 2.05) is 13.8 Å². The van der Waals surface area contributed by atoms with Gasteiger partial charge in [-0.15, -0.1) is 0 Å². The van der Waals surface area contributed by atoms with Crippen LogP contribution in [0.25, 0.3) is 0 Å². The summed E-state index contributed by atoms with van der Waals surface area (Å²) in [4.78, 5) is 11.5. The Morgan fingerprint density at radius 3 is 1.64 bits per heavy atom. The molecule has 0 radical (unpaired) electrons. The molecule has 0 bridgehead atoms. The van der Waals surface area contributed by atoms with Crippen molar-refractivity contribution in [1.82, 2.24) is 0 Å². The van der Waals surface area contributed by atoms with Gasteiger partial charge in [-0.3, -0.25) is 0 Å². The number of carbonyl (C=O) groups excluding carboxylic acids is 1. The predicted molar refractivity (Wildman–Crippen MR) is 146 cm³/mol. The second kappa shape index (κ2) is 19.4. The summed E-state index contributed by atoms with van der Waals surface area (Å²) < 4.78 is 4.95. The van der Waals surface area contributed by atoms with Crippen molar-refractivity contribution < 1.29 is 9.53 Å². The number of hydrogen-bond acceptors (Lipinski definition) is 2. The van der Waals surface area contributed by atoms with Crippen molar-refractivity contribution >= 4 is 5.97 Å². The molecule has 2 heteroatoms. The van der Waals surface area contributed by atoms with Crippen molar-refractivity contribution in [2.75, 3.05) is 6.61 Å². The molecule has 0 fully saturated rings. The number of hydrogen-bond donors (Lipinski definition) is 0. The molecule has 0 N–H and O–H groups in total. The van der Waals surface area contributed by atoms with Gasteiger partial charge in [-0.05, 0) is 119 Å². The molecule has 0 aromatic rings. The summed E-state index contributed by atoms with van der Waals surface area (Å²) in [5.41, 5.74) is 8.14. The highest BCUT2D eigenvalue weighted by atomic mass is 16.5. The van der Waals surface area contributed by atoms with Gasteiger partial charge < -0.3 is 4.74 Å². The van der Waals surface area contributed by atoms with Gasteiger partial charge >= 0.3 is 5.97 Å². The Kier molecular flexibility index (Phi) is 18.2. The molecule has 0 spiro atoms. The standard InChI is InChI=1S/C31H50O2/c1-9-33-31(32)24-30(8)23-29(7)22-14-21-27(5)17-11-10-16-26(4)19-13-20-28(6)18-12-15-25(2)3/h15-16,20-21,23-24H,9-14,17-19,22H2,1-8H3. The van der Waals surface area contributed by atoms with Crippen LogP contribution in [0.5, 0.6) is 0 Å². The van der Waals surface area contributed by atoms with Crippen LogP contribution in [0.3, 0.4) is 0 Å². The van der Waals surface area contributed by atoms with Gasteiger partial charge in [-0.25, -0.2) is 4.79 Å². The summed E-state index contributed by atoms with van der Waals surface area (Å²) in [6.07, 6.45) is 23.4. The van der Waals surface area contributed by atoms with Gasteiger partial charge in [0.05, 0.1) is 6.61 Å². The molecule has 2 nitrogen and oxygen atoms in total. The van der Waals surface area contributed by atoms with E-state index < -0.39 is 0 Å². The molecule has 0 rings (SSSR count). The van der Waals surface area contributed by atoms with Crippen LogP contribution >= 0.6 is 0 Å². The Hall–Kier alpha value is -2.09. The Balaban J connectivity index is 4.18. The van der Waals surface area contributed by atoms with E-state index >= 15 is 0 Å². The molecule has 186 valence electrons. The van der Waals surface area contributed by atoms with E-state index in [-0.39, 0.29) is 5.97 Å². The van der Waals surface area contributed by atoms with Crippen LogP contribution < -0.4 is 0 Å². The number of esters is 1. The molecular formula is C31H50O2. The second-order valence-electron chi connectivity index (χ2n) is 9.57. The van der Waals surface area contributed by atoms with Crippen molar-refractivity contribution in [2.24, 2.45) is 0 Å². The average Bonchev–Trinajstić information content (AvgIpc) is 2.70. The van der Waals surface area contributed by atoms with Crippen LogP contribution in [-0.4, -0.2) is 12.6 Å². The van der Waals surface area contributed by atoms with Gasteiger partial charge in [-0.2, -0.15) is 0 Å². The smallest absolute Gasteiger partial charge is 0.330 e. The van der Waals surface area contributed by atoms with E-state index in [1.165, 1.54) is 47.1 Å². The highest BCUT2D eigenvalue weighted by Crippen LogP contribution is 2.15. The first-order valence-electron chi connectivity index (χ1n) is 12.8. The summed E-state index contributed by atoms with van der Waals surface area (Å²) in [6.45, 7) is 17.4. The fraction of sp³-hybridized carbons (Fsp3) is 0.581. The number of ether oxygens (including phenoxy) is 1. The average molecular weight is 455 g/mol. The number of rotatable bonds is 16. The zero-order valence-electron chi connectivity index (χ0n) is 22.9. The predicted octanol–water partition coefficient (Wildman–Crippen LogP) is 9.76. The lowest BCUT2D eigenvalue weighted by atomic mass is 10.0. The monoisotopic (exact) mass is 454 g/mol. The lowest BCUT2D eigenvalue weighted by molar-refractivity contribution is -0.137. The fourth-order valence-corrected chi connectivity index (χ4v) is 3.59. The molecule has 0 aromatic heterocycles. The van der Waals surface area contributed by atoms with Crippen molar-refractivity contribution in [2.45, 2.75) is 113 Å². The molecule has 0 amide bonds. The van der Waals surface area contributed by atoms with Crippen molar-refractivity contribution in [3.05, 3.63) is 69.9 Å². The van der Waals surface area contributed by atoms with Crippen LogP contribution in [0.4, 0.5) is 0 Å². The van der Waals surface area contributed by atoms with E-state index in [4.69, 9.17) is 4.74 Å². The largest absolute Gasteiger partial charge is 0.463 e. The van der Waals surface area contributed by atoms with E-state index in [0.29, 0.717) is 6.61 Å². The quantitative estimate of drug-likeness (QED) is 0.0762. The highest BCUT2D eigenvalue weighted by Gasteiger charge is 1.98. The second-order valence-corrected chi connectivity index (χ2v) is 9.57. The van der Waals surface area contributed by atoms with Crippen LogP contribution in [-0.2, 0) is 9.53 Å². The third-order valence-corrected chi connectivity index (χ3v) is 5.53. The number of carbonyl (C=O) groups is 1. The van der Waals surface area contributed by atoms with Gasteiger partial charge in [-0.1, -0.05) is 58.2 Å². The van der Waals surface area contributed by atoms with Crippen molar-refractivity contribution in [1.29, 1.82) is 0 Å². The maximum absolute atomic E-state index is 11.5. The molecule has 0 unspecified atom stereocenters. The minimum absolute atomic E-state index is 0.263. The van der Waals surface area contributed by atoms with E-state index in [9.17, 15) is 4.79 Å². The number of allylic oxidation sites excluding steroid dienone is 11. The fourth-order valence-electron chi connectivity index (χ4n) is 3.59. The first kappa shape index (κ1) is 30.9. The normalized spacial score (nSPS) is 13.9. The maximum atomic E-state index is 11.5. The van der Waals surface area contributed by atoms with Crippen LogP contribution in [0.15, 0.2) is 69.9 Å². The molecule has 33 heavy (non-hydrogen) atoms. The molecule has 0 aliphatic heterocycles. The molecule has 0 heterocycles. The third-order valence-electron chi connectivity index (χ3n) is 5.53. The zero-order valence-corrected chi connectivity index (χ0v) is 22.9. The van der Waals surface area contributed by atoms with Crippen LogP contribution in [0, 0.1) is 0 Å². The Labute approximate surface area is 205 Å². The third kappa shape index (κ3) is 20.3. The van der Waals surface area contributed by atoms with Gasteiger partial charge in [0.25, 0.3) is 0 Å². The Bertz CT molecular complexity index is 750. The summed E-state index contributed by atoms with van der Waals surface area (Å²) in [5.74, 6) is -0.263. The van der Waals surface area contributed by atoms with Gasteiger partial charge in [0.1, 0.15) is 0 Å². The lowest BCUT2D eigenvalue weighted by Crippen LogP contribution is -1.99. The maximum Gasteiger partial charge on any atom is 0.330 e. The molecule has 0 saturated carbocycles. The Morgan fingerprint density at radius 2 is 1.09 bits per heavy atom. The highest BCUT2D eigenvalue weighted by molar-refractivity contribution is 5.83. The first-order valence-corrected chi connectivity index (χ1v) is 12.8. The van der Waals surface area contributed by atoms with E-state index in [0.717, 1.165) is 44.1 Å². The number of unbranched alkanes of at least 4 members (excludes halogenated alkanes) is 1. The molecule has 0 saturated heterocycles. The summed E-state index contributed by atoms with van der Waals surface area (Å²) >= 11 is 0. The van der Waals surface area contributed by atoms with Gasteiger partial charge in [0.2, 0.25) is 0 Å². The molecular weight excluding hydrogens is 404 g/mol. The summed E-state index contributed by atoms with van der Waals surface area (Å²) in [7, 11) is 0. The topological polar surface area (TPSA) is 26.3 Å². The zero-order chi connectivity index (χ0) is 25.1. The van der Waals surface area contributed by atoms with E-state index in [1.54, 1.807) is 6.08 Å². The minimum Gasteiger partial charge on any atom is -0.463 e. The SMILES string of the molecule is CCOC(=O)C=C(C)C=C(C)CCC=C(C)CCCC=C(C)CCC=C(C)CCC=C(C)C. The molecule has 0 aromatic carbocycles. The van der Waals surface area contributed by atoms with Crippen LogP contribution in [0.1, 0.15) is 113 Å². The summed E-state index contributed by atoms with van der Waals surface area (Å²) in [5, 5.41) is 0. The van der Waals surface area contributed by atoms with Crippen molar-refractivity contribution in [3.63, 3.8) is 0 Å². The Morgan fingerprint density at radius 1 is 0.606 bits per heavy atom. The van der Waals surface area contributed by atoms with Crippen molar-refractivity contribution in [3.8, 4) is 0 Å². The van der Waals surface area contributed by atoms with Gasteiger partial charge in [0.15, 0.2) is 0 Å². The first-order chi connectivity index (χ1) is 15.6. The van der Waals surface area contributed by atoms with Gasteiger partial charge in [0, 0.05) is 6.08 Å². The summed E-state index contributed by atoms with van der Waals surface area (Å²) in [6, 6.07) is 0. The lowest BCUT2D eigenvalue weighted by Gasteiger charge is -2.04. The molecule has 0 aliphatic carbocycles. The molecule has 0 atom stereocenters. The minimum atomic E-state index is -0.263. The van der Waals surface area contributed by atoms with Crippen LogP contribution in [0.2, 0.25) is 0 Å². The van der Waals surface area contributed by atoms with E-state index in [2.05, 4.69) is 71.9 Å². The molecule has 0 aliphatic rings.